The van der Waals surface area contributed by atoms with Crippen molar-refractivity contribution in [1.82, 2.24) is 4.90 Å². The van der Waals surface area contributed by atoms with Gasteiger partial charge in [-0.05, 0) is 36.2 Å². The fraction of sp³-hybridized carbons (Fsp3) is 0.250. The van der Waals surface area contributed by atoms with E-state index in [9.17, 15) is 4.79 Å². The molecule has 0 fully saturated rings. The third kappa shape index (κ3) is 2.92. The topological polar surface area (TPSA) is 42.7 Å². The highest BCUT2D eigenvalue weighted by Crippen LogP contribution is 2.32. The molecule has 4 rings (SSSR count). The van der Waals surface area contributed by atoms with E-state index >= 15 is 0 Å². The van der Waals surface area contributed by atoms with Crippen molar-refractivity contribution in [3.63, 3.8) is 0 Å². The Labute approximate surface area is 150 Å². The van der Waals surface area contributed by atoms with E-state index in [1.165, 1.54) is 6.26 Å². The van der Waals surface area contributed by atoms with Gasteiger partial charge in [-0.2, -0.15) is 0 Å². The standard InChI is InChI=1S/C20H18ClNO3/c1-2-9-22-10-16-18(25-12-22)8-7-15-19(23)17(11-24-20(15)16)13-3-5-14(21)6-4-13/h3-8,11H,2,9-10,12H2,1H3. The highest BCUT2D eigenvalue weighted by molar-refractivity contribution is 6.30. The fourth-order valence-corrected chi connectivity index (χ4v) is 3.37. The molecule has 128 valence electrons. The molecule has 0 spiro atoms. The second kappa shape index (κ2) is 6.54. The molecule has 0 amide bonds. The number of halogens is 1. The molecule has 2 aromatic carbocycles. The molecule has 0 N–H and O–H groups in total. The van der Waals surface area contributed by atoms with E-state index < -0.39 is 0 Å². The van der Waals surface area contributed by atoms with E-state index in [4.69, 9.17) is 20.8 Å². The van der Waals surface area contributed by atoms with Crippen molar-refractivity contribution < 1.29 is 9.15 Å². The number of benzene rings is 2. The van der Waals surface area contributed by atoms with Crippen LogP contribution in [0.5, 0.6) is 5.75 Å². The maximum atomic E-state index is 13.0. The Hall–Kier alpha value is -2.30. The molecule has 0 saturated carbocycles. The van der Waals surface area contributed by atoms with Crippen LogP contribution in [0.2, 0.25) is 5.02 Å². The minimum absolute atomic E-state index is 0.0426. The molecule has 0 saturated heterocycles. The Balaban J connectivity index is 1.84. The van der Waals surface area contributed by atoms with Crippen molar-refractivity contribution in [2.75, 3.05) is 13.3 Å². The SMILES string of the molecule is CCCN1COc2ccc3c(=O)c(-c4ccc(Cl)cc4)coc3c2C1. The Morgan fingerprint density at radius 3 is 2.72 bits per heavy atom. The van der Waals surface area contributed by atoms with Crippen molar-refractivity contribution in [2.24, 2.45) is 0 Å². The zero-order valence-electron chi connectivity index (χ0n) is 13.9. The smallest absolute Gasteiger partial charge is 0.200 e. The van der Waals surface area contributed by atoms with Crippen molar-refractivity contribution in [1.29, 1.82) is 0 Å². The summed E-state index contributed by atoms with van der Waals surface area (Å²) in [5.74, 6) is 0.794. The first-order chi connectivity index (χ1) is 12.2. The minimum atomic E-state index is -0.0426. The molecule has 1 aliphatic rings. The predicted molar refractivity (Wildman–Crippen MR) is 99.1 cm³/mol. The van der Waals surface area contributed by atoms with Crippen LogP contribution in [-0.2, 0) is 6.54 Å². The van der Waals surface area contributed by atoms with Crippen LogP contribution in [0.4, 0.5) is 0 Å². The maximum Gasteiger partial charge on any atom is 0.200 e. The Morgan fingerprint density at radius 2 is 1.96 bits per heavy atom. The highest BCUT2D eigenvalue weighted by atomic mass is 35.5. The summed E-state index contributed by atoms with van der Waals surface area (Å²) in [5.41, 5.74) is 2.84. The Kier molecular flexibility index (Phi) is 4.24. The van der Waals surface area contributed by atoms with Gasteiger partial charge in [-0.15, -0.1) is 0 Å². The first-order valence-corrected chi connectivity index (χ1v) is 8.73. The van der Waals surface area contributed by atoms with Crippen molar-refractivity contribution in [2.45, 2.75) is 19.9 Å². The molecule has 0 bridgehead atoms. The van der Waals surface area contributed by atoms with Crippen LogP contribution >= 0.6 is 11.6 Å². The summed E-state index contributed by atoms with van der Waals surface area (Å²) in [5, 5.41) is 1.21. The molecule has 1 aliphatic heterocycles. The molecule has 25 heavy (non-hydrogen) atoms. The first-order valence-electron chi connectivity index (χ1n) is 8.36. The average molecular weight is 356 g/mol. The molecule has 3 aromatic rings. The van der Waals surface area contributed by atoms with Crippen LogP contribution in [0, 0.1) is 0 Å². The summed E-state index contributed by atoms with van der Waals surface area (Å²) in [6.45, 7) is 4.38. The lowest BCUT2D eigenvalue weighted by Gasteiger charge is -2.28. The van der Waals surface area contributed by atoms with Gasteiger partial charge in [-0.3, -0.25) is 9.69 Å². The van der Waals surface area contributed by atoms with Gasteiger partial charge in [-0.25, -0.2) is 0 Å². The predicted octanol–water partition coefficient (Wildman–Crippen LogP) is 4.68. The van der Waals surface area contributed by atoms with Crippen LogP contribution in [-0.4, -0.2) is 18.2 Å². The summed E-state index contributed by atoms with van der Waals surface area (Å²) >= 11 is 5.93. The normalized spacial score (nSPS) is 14.3. The van der Waals surface area contributed by atoms with Gasteiger partial charge in [0.1, 0.15) is 24.3 Å². The van der Waals surface area contributed by atoms with Gasteiger partial charge in [0.25, 0.3) is 0 Å². The molecule has 5 heteroatoms. The number of hydrogen-bond acceptors (Lipinski definition) is 4. The van der Waals surface area contributed by atoms with Gasteiger partial charge in [-0.1, -0.05) is 30.7 Å². The minimum Gasteiger partial charge on any atom is -0.478 e. The molecule has 0 aliphatic carbocycles. The van der Waals surface area contributed by atoms with Crippen molar-refractivity contribution in [3.05, 3.63) is 63.5 Å². The van der Waals surface area contributed by atoms with Crippen molar-refractivity contribution >= 4 is 22.6 Å². The number of rotatable bonds is 3. The Bertz CT molecular complexity index is 979. The van der Waals surface area contributed by atoms with Crippen LogP contribution in [0.3, 0.4) is 0 Å². The molecular formula is C20H18ClNO3. The third-order valence-electron chi connectivity index (χ3n) is 4.48. The van der Waals surface area contributed by atoms with E-state index in [2.05, 4.69) is 11.8 Å². The summed E-state index contributed by atoms with van der Waals surface area (Å²) in [7, 11) is 0. The number of hydrogen-bond donors (Lipinski definition) is 0. The second-order valence-corrected chi connectivity index (χ2v) is 6.67. The van der Waals surface area contributed by atoms with Gasteiger partial charge in [0.15, 0.2) is 0 Å². The van der Waals surface area contributed by atoms with Crippen LogP contribution in [0.1, 0.15) is 18.9 Å². The van der Waals surface area contributed by atoms with Gasteiger partial charge < -0.3 is 9.15 Å². The van der Waals surface area contributed by atoms with Gasteiger partial charge in [0.05, 0.1) is 16.5 Å². The number of ether oxygens (including phenoxy) is 1. The zero-order chi connectivity index (χ0) is 17.4. The van der Waals surface area contributed by atoms with E-state index in [-0.39, 0.29) is 5.43 Å². The quantitative estimate of drug-likeness (QED) is 0.684. The summed E-state index contributed by atoms with van der Waals surface area (Å²) < 4.78 is 11.7. The maximum absolute atomic E-state index is 13.0. The zero-order valence-corrected chi connectivity index (χ0v) is 14.7. The van der Waals surface area contributed by atoms with E-state index in [0.717, 1.165) is 36.4 Å². The van der Waals surface area contributed by atoms with E-state index in [0.29, 0.717) is 28.3 Å². The molecular weight excluding hydrogens is 338 g/mol. The molecule has 1 aromatic heterocycles. The lowest BCUT2D eigenvalue weighted by atomic mass is 10.0. The number of fused-ring (bicyclic) bond motifs is 3. The van der Waals surface area contributed by atoms with Crippen LogP contribution in [0.25, 0.3) is 22.1 Å². The largest absolute Gasteiger partial charge is 0.478 e. The van der Waals surface area contributed by atoms with Gasteiger partial charge >= 0.3 is 0 Å². The first kappa shape index (κ1) is 16.2. The fourth-order valence-electron chi connectivity index (χ4n) is 3.24. The van der Waals surface area contributed by atoms with Crippen LogP contribution < -0.4 is 10.2 Å². The molecule has 0 unspecified atom stereocenters. The Morgan fingerprint density at radius 1 is 1.16 bits per heavy atom. The van der Waals surface area contributed by atoms with Gasteiger partial charge in [0.2, 0.25) is 5.43 Å². The summed E-state index contributed by atoms with van der Waals surface area (Å²) in [4.78, 5) is 15.2. The molecule has 2 heterocycles. The summed E-state index contributed by atoms with van der Waals surface area (Å²) in [6.07, 6.45) is 2.58. The second-order valence-electron chi connectivity index (χ2n) is 6.23. The van der Waals surface area contributed by atoms with E-state index in [1.54, 1.807) is 18.2 Å². The lowest BCUT2D eigenvalue weighted by Crippen LogP contribution is -2.32. The van der Waals surface area contributed by atoms with Crippen molar-refractivity contribution in [3.8, 4) is 16.9 Å². The monoisotopic (exact) mass is 355 g/mol. The van der Waals surface area contributed by atoms with E-state index in [1.807, 2.05) is 18.2 Å². The average Bonchev–Trinajstić information content (AvgIpc) is 2.63. The molecule has 0 atom stereocenters. The summed E-state index contributed by atoms with van der Waals surface area (Å²) in [6, 6.07) is 10.8. The third-order valence-corrected chi connectivity index (χ3v) is 4.73. The molecule has 0 radical (unpaired) electrons. The molecule has 4 nitrogen and oxygen atoms in total. The highest BCUT2D eigenvalue weighted by Gasteiger charge is 2.22. The number of nitrogens with zero attached hydrogens (tertiary/aromatic N) is 1. The lowest BCUT2D eigenvalue weighted by molar-refractivity contribution is 0.0958. The van der Waals surface area contributed by atoms with Gasteiger partial charge in [0, 0.05) is 18.1 Å². The van der Waals surface area contributed by atoms with Crippen LogP contribution in [0.15, 0.2) is 51.9 Å².